The van der Waals surface area contributed by atoms with Crippen molar-refractivity contribution in [1.29, 1.82) is 0 Å². The topological polar surface area (TPSA) is 139 Å². The molecule has 1 spiro atoms. The van der Waals surface area contributed by atoms with Gasteiger partial charge in [0.05, 0.1) is 35.9 Å². The van der Waals surface area contributed by atoms with Crippen molar-refractivity contribution in [2.45, 2.75) is 140 Å². The highest BCUT2D eigenvalue weighted by Crippen LogP contribution is 2.54. The summed E-state index contributed by atoms with van der Waals surface area (Å²) in [4.78, 5) is 30.7. The standard InChI is InChI=1S/C32H55N3O9/c1-11-22-31(8)25-20(6)32(33-12-13-35(25)29(39)43-31)16(2)15-30(7,44-32)26(18(4)23(36)19(5)27(38)41-22)42-28-24(37)21(34(9)10)14-17(3)40-28/h16-26,28,33,36-37H,11-15H2,1-10H3/t16-,17-,18+,19-,20-,21+,22-,23-,24-,25-,26-,28+,30-,31-,32?/m1/s1. The molecular formula is C32H55N3O9. The van der Waals surface area contributed by atoms with Crippen LogP contribution in [0.25, 0.3) is 0 Å². The highest BCUT2D eigenvalue weighted by Gasteiger charge is 2.68. The minimum absolute atomic E-state index is 0.0357. The van der Waals surface area contributed by atoms with Crippen molar-refractivity contribution in [3.63, 3.8) is 0 Å². The SMILES string of the molecule is CC[C@H]1OC(=O)[C@H](C)[C@H](O)[C@H](C)[C@@H](O[C@@H]2O[C@H](C)C[C@H](N(C)C)[C@H]2O)[C@@]2(C)C[C@@H](C)C3(NCCN4C(=O)O[C@@]1(C)[C@H]4[C@H]3C)O2. The van der Waals surface area contributed by atoms with Crippen LogP contribution in [0, 0.1) is 23.7 Å². The van der Waals surface area contributed by atoms with E-state index in [0.717, 1.165) is 0 Å². The van der Waals surface area contributed by atoms with Crippen LogP contribution >= 0.6 is 0 Å². The van der Waals surface area contributed by atoms with Gasteiger partial charge in [-0.15, -0.1) is 0 Å². The molecule has 5 rings (SSSR count). The Bertz CT molecular complexity index is 1100. The quantitative estimate of drug-likeness (QED) is 0.396. The monoisotopic (exact) mass is 625 g/mol. The first-order valence-electron chi connectivity index (χ1n) is 16.5. The summed E-state index contributed by atoms with van der Waals surface area (Å²) in [5, 5.41) is 26.9. The van der Waals surface area contributed by atoms with Crippen LogP contribution < -0.4 is 5.32 Å². The molecule has 5 heterocycles. The Morgan fingerprint density at radius 1 is 1.09 bits per heavy atom. The molecular weight excluding hydrogens is 570 g/mol. The largest absolute Gasteiger partial charge is 0.458 e. The lowest BCUT2D eigenvalue weighted by molar-refractivity contribution is -0.307. The van der Waals surface area contributed by atoms with Crippen molar-refractivity contribution in [2.24, 2.45) is 23.7 Å². The van der Waals surface area contributed by atoms with E-state index >= 15 is 0 Å². The zero-order valence-electron chi connectivity index (χ0n) is 28.1. The molecule has 0 radical (unpaired) electrons. The Morgan fingerprint density at radius 2 is 1.77 bits per heavy atom. The number of esters is 1. The van der Waals surface area contributed by atoms with Crippen LogP contribution in [-0.4, -0.2) is 125 Å². The zero-order valence-corrected chi connectivity index (χ0v) is 28.1. The molecule has 0 saturated carbocycles. The summed E-state index contributed by atoms with van der Waals surface area (Å²) in [6.45, 7) is 16.3. The smallest absolute Gasteiger partial charge is 0.410 e. The highest BCUT2D eigenvalue weighted by molar-refractivity contribution is 5.74. The van der Waals surface area contributed by atoms with Crippen molar-refractivity contribution in [3.05, 3.63) is 0 Å². The Kier molecular flexibility index (Phi) is 9.16. The normalized spacial score (nSPS) is 51.6. The first kappa shape index (κ1) is 33.8. The molecule has 3 N–H and O–H groups in total. The molecule has 252 valence electrons. The van der Waals surface area contributed by atoms with Gasteiger partial charge in [-0.2, -0.15) is 0 Å². The summed E-state index contributed by atoms with van der Waals surface area (Å²) in [5.41, 5.74) is -2.99. The number of carbonyl (C=O) groups is 2. The number of amides is 1. The van der Waals surface area contributed by atoms with Crippen LogP contribution in [0.5, 0.6) is 0 Å². The van der Waals surface area contributed by atoms with Gasteiger partial charge in [0.25, 0.3) is 0 Å². The van der Waals surface area contributed by atoms with Crippen molar-refractivity contribution < 1.29 is 43.5 Å². The third-order valence-corrected chi connectivity index (χ3v) is 11.5. The Hall–Kier alpha value is -1.54. The molecule has 12 nitrogen and oxygen atoms in total. The minimum atomic E-state index is -1.16. The lowest BCUT2D eigenvalue weighted by atomic mass is 9.72. The lowest BCUT2D eigenvalue weighted by Gasteiger charge is -2.48. The molecule has 0 aromatic rings. The second-order valence-corrected chi connectivity index (χ2v) is 14.8. The van der Waals surface area contributed by atoms with E-state index in [1.807, 2.05) is 53.6 Å². The van der Waals surface area contributed by atoms with Gasteiger partial charge >= 0.3 is 12.1 Å². The summed E-state index contributed by atoms with van der Waals surface area (Å²) >= 11 is 0. The average Bonchev–Trinajstić information content (AvgIpc) is 3.31. The number of likely N-dealkylation sites (N-methyl/N-ethyl adjacent to an activating group) is 1. The van der Waals surface area contributed by atoms with Crippen LogP contribution in [-0.2, 0) is 28.5 Å². The van der Waals surface area contributed by atoms with Gasteiger partial charge < -0.3 is 38.8 Å². The van der Waals surface area contributed by atoms with E-state index in [4.69, 9.17) is 23.7 Å². The van der Waals surface area contributed by atoms with E-state index in [1.54, 1.807) is 11.8 Å². The minimum Gasteiger partial charge on any atom is -0.458 e. The van der Waals surface area contributed by atoms with E-state index in [0.29, 0.717) is 32.4 Å². The second kappa shape index (κ2) is 11.9. The molecule has 12 heteroatoms. The van der Waals surface area contributed by atoms with Gasteiger partial charge in [0, 0.05) is 36.9 Å². The fraction of sp³-hybridized carbons (Fsp3) is 0.938. The van der Waals surface area contributed by atoms with Crippen LogP contribution in [0.4, 0.5) is 4.79 Å². The Labute approximate surface area is 262 Å². The molecule has 5 fully saturated rings. The van der Waals surface area contributed by atoms with E-state index < -0.39 is 77.6 Å². The van der Waals surface area contributed by atoms with E-state index in [9.17, 15) is 19.8 Å². The highest BCUT2D eigenvalue weighted by atomic mass is 16.7. The molecule has 0 aliphatic carbocycles. The van der Waals surface area contributed by atoms with Gasteiger partial charge in [0.15, 0.2) is 11.9 Å². The van der Waals surface area contributed by atoms with Gasteiger partial charge in [-0.25, -0.2) is 4.79 Å². The van der Waals surface area contributed by atoms with E-state index in [-0.39, 0.29) is 24.0 Å². The molecule has 0 aromatic heterocycles. The zero-order chi connectivity index (χ0) is 32.5. The summed E-state index contributed by atoms with van der Waals surface area (Å²) in [6, 6.07) is -0.635. The van der Waals surface area contributed by atoms with Crippen molar-refractivity contribution in [2.75, 3.05) is 27.2 Å². The summed E-state index contributed by atoms with van der Waals surface area (Å²) in [5.74, 6) is -2.41. The van der Waals surface area contributed by atoms with Gasteiger partial charge in [0.2, 0.25) is 0 Å². The number of nitrogens with zero attached hydrogens (tertiary/aromatic N) is 2. The maximum absolute atomic E-state index is 13.7. The summed E-state index contributed by atoms with van der Waals surface area (Å²) in [7, 11) is 3.84. The number of rotatable bonds is 4. The van der Waals surface area contributed by atoms with Crippen LogP contribution in [0.3, 0.4) is 0 Å². The molecule has 5 aliphatic heterocycles. The lowest BCUT2D eigenvalue weighted by Crippen LogP contribution is -2.64. The predicted molar refractivity (Wildman–Crippen MR) is 160 cm³/mol. The first-order valence-corrected chi connectivity index (χ1v) is 16.5. The van der Waals surface area contributed by atoms with Gasteiger partial charge in [-0.05, 0) is 61.1 Å². The Balaban J connectivity index is 1.61. The maximum Gasteiger partial charge on any atom is 0.410 e. The number of ether oxygens (including phenoxy) is 5. The van der Waals surface area contributed by atoms with Gasteiger partial charge in [0.1, 0.15) is 17.9 Å². The van der Waals surface area contributed by atoms with Crippen LogP contribution in [0.15, 0.2) is 0 Å². The molecule has 1 unspecified atom stereocenters. The first-order chi connectivity index (χ1) is 20.5. The van der Waals surface area contributed by atoms with Crippen LogP contribution in [0.1, 0.15) is 74.7 Å². The number of fused-ring (bicyclic) bond motifs is 1. The number of hydrogen-bond acceptors (Lipinski definition) is 11. The third kappa shape index (κ3) is 5.26. The van der Waals surface area contributed by atoms with Gasteiger partial charge in [-0.1, -0.05) is 27.7 Å². The average molecular weight is 626 g/mol. The van der Waals surface area contributed by atoms with Crippen LogP contribution in [0.2, 0.25) is 0 Å². The maximum atomic E-state index is 13.7. The third-order valence-electron chi connectivity index (χ3n) is 11.5. The molecule has 15 atom stereocenters. The fourth-order valence-corrected chi connectivity index (χ4v) is 9.21. The van der Waals surface area contributed by atoms with Crippen molar-refractivity contribution >= 4 is 12.1 Å². The number of nitrogens with one attached hydrogen (secondary N) is 1. The van der Waals surface area contributed by atoms with Crippen molar-refractivity contribution in [3.8, 4) is 0 Å². The molecule has 1 amide bonds. The summed E-state index contributed by atoms with van der Waals surface area (Å²) < 4.78 is 32.4. The number of aliphatic hydroxyl groups is 2. The van der Waals surface area contributed by atoms with E-state index in [2.05, 4.69) is 19.2 Å². The second-order valence-electron chi connectivity index (χ2n) is 14.8. The molecule has 3 bridgehead atoms. The molecule has 0 aromatic carbocycles. The fourth-order valence-electron chi connectivity index (χ4n) is 9.21. The number of aliphatic hydroxyl groups excluding tert-OH is 2. The number of carbonyl (C=O) groups excluding carboxylic acids is 2. The summed E-state index contributed by atoms with van der Waals surface area (Å²) in [6.07, 6.45) is -3.55. The van der Waals surface area contributed by atoms with E-state index in [1.165, 1.54) is 0 Å². The number of hydrogen-bond donors (Lipinski definition) is 3. The van der Waals surface area contributed by atoms with Crippen molar-refractivity contribution in [1.82, 2.24) is 15.1 Å². The molecule has 44 heavy (non-hydrogen) atoms. The number of cyclic esters (lactones) is 1. The van der Waals surface area contributed by atoms with Gasteiger partial charge in [-0.3, -0.25) is 15.0 Å². The molecule has 5 saturated heterocycles. The Morgan fingerprint density at radius 3 is 2.41 bits per heavy atom. The predicted octanol–water partition coefficient (Wildman–Crippen LogP) is 2.10. The molecule has 5 aliphatic rings.